The minimum Gasteiger partial charge on any atom is -0.377 e. The molecular weight excluding hydrogens is 365 g/mol. The Morgan fingerprint density at radius 1 is 1.21 bits per heavy atom. The lowest BCUT2D eigenvalue weighted by Gasteiger charge is -2.25. The molecule has 0 aromatic carbocycles. The average molecular weight is 384 g/mol. The maximum absolute atomic E-state index is 12.8. The number of hydrogen-bond donors (Lipinski definition) is 0. The van der Waals surface area contributed by atoms with E-state index in [1.807, 2.05) is 0 Å². The van der Waals surface area contributed by atoms with Gasteiger partial charge in [0.25, 0.3) is 0 Å². The molecule has 1 aromatic rings. The van der Waals surface area contributed by atoms with E-state index in [9.17, 15) is 22.8 Å². The summed E-state index contributed by atoms with van der Waals surface area (Å²) in [7, 11) is 1.18. The van der Waals surface area contributed by atoms with Crippen LogP contribution in [-0.2, 0) is 18.1 Å². The minimum atomic E-state index is -5.06. The highest BCUT2D eigenvalue weighted by Gasteiger charge is 2.47. The van der Waals surface area contributed by atoms with Gasteiger partial charge in [0, 0.05) is 27.4 Å². The normalized spacial score (nSPS) is 13.8. The van der Waals surface area contributed by atoms with E-state index in [4.69, 9.17) is 13.3 Å². The first kappa shape index (κ1) is 21.0. The molecule has 1 aromatic heterocycles. The first-order chi connectivity index (χ1) is 11.2. The molecule has 0 aliphatic heterocycles. The quantitative estimate of drug-likeness (QED) is 0.352. The van der Waals surface area contributed by atoms with Crippen LogP contribution in [0.2, 0.25) is 6.04 Å². The fraction of sp³-hybridized carbons (Fsp3) is 0.571. The SMILES string of the molecule is CO[Si](CCCC(C(=O)c1cccs1)C(=O)C(F)(F)F)(OC)OC. The average Bonchev–Trinajstić information content (AvgIpc) is 3.08. The number of alkyl halides is 3. The van der Waals surface area contributed by atoms with Gasteiger partial charge in [-0.3, -0.25) is 9.59 Å². The summed E-state index contributed by atoms with van der Waals surface area (Å²) in [4.78, 5) is 24.0. The van der Waals surface area contributed by atoms with Crippen LogP contribution < -0.4 is 0 Å². The maximum Gasteiger partial charge on any atom is 0.500 e. The van der Waals surface area contributed by atoms with Crippen molar-refractivity contribution in [2.45, 2.75) is 25.1 Å². The Morgan fingerprint density at radius 2 is 1.79 bits per heavy atom. The summed E-state index contributed by atoms with van der Waals surface area (Å²) in [6.07, 6.45) is -5.18. The van der Waals surface area contributed by atoms with Crippen LogP contribution in [0.15, 0.2) is 17.5 Å². The molecule has 1 rings (SSSR count). The van der Waals surface area contributed by atoms with Gasteiger partial charge in [0.15, 0.2) is 5.78 Å². The summed E-state index contributed by atoms with van der Waals surface area (Å²) < 4.78 is 53.9. The monoisotopic (exact) mass is 384 g/mol. The van der Waals surface area contributed by atoms with Crippen molar-refractivity contribution in [3.63, 3.8) is 0 Å². The summed E-state index contributed by atoms with van der Waals surface area (Å²) in [6, 6.07) is 3.16. The van der Waals surface area contributed by atoms with Gasteiger partial charge >= 0.3 is 15.0 Å². The highest BCUT2D eigenvalue weighted by Crippen LogP contribution is 2.29. The van der Waals surface area contributed by atoms with Crippen molar-refractivity contribution in [3.8, 4) is 0 Å². The van der Waals surface area contributed by atoms with Crippen molar-refractivity contribution >= 4 is 31.7 Å². The Morgan fingerprint density at radius 3 is 2.21 bits per heavy atom. The van der Waals surface area contributed by atoms with Crippen LogP contribution in [0.25, 0.3) is 0 Å². The maximum atomic E-state index is 12.8. The van der Waals surface area contributed by atoms with E-state index in [0.29, 0.717) is 0 Å². The summed E-state index contributed by atoms with van der Waals surface area (Å²) >= 11 is 1.01. The number of thiophene rings is 1. The predicted molar refractivity (Wildman–Crippen MR) is 84.0 cm³/mol. The molecule has 24 heavy (non-hydrogen) atoms. The molecule has 0 saturated heterocycles. The number of hydrogen-bond acceptors (Lipinski definition) is 6. The molecule has 0 aliphatic rings. The van der Waals surface area contributed by atoms with Crippen molar-refractivity contribution < 1.29 is 36.0 Å². The van der Waals surface area contributed by atoms with Gasteiger partial charge in [-0.15, -0.1) is 11.3 Å². The van der Waals surface area contributed by atoms with Crippen molar-refractivity contribution in [2.24, 2.45) is 5.92 Å². The van der Waals surface area contributed by atoms with E-state index < -0.39 is 32.5 Å². The number of Topliss-reactive ketones (excluding diaryl/α,β-unsaturated/α-hetero) is 2. The fourth-order valence-electron chi connectivity index (χ4n) is 2.25. The number of rotatable bonds is 10. The molecule has 5 nitrogen and oxygen atoms in total. The van der Waals surface area contributed by atoms with Crippen molar-refractivity contribution in [1.82, 2.24) is 0 Å². The highest BCUT2D eigenvalue weighted by atomic mass is 32.1. The summed E-state index contributed by atoms with van der Waals surface area (Å²) in [6.45, 7) is 0. The van der Waals surface area contributed by atoms with Crippen LogP contribution in [0.3, 0.4) is 0 Å². The molecule has 0 aliphatic carbocycles. The van der Waals surface area contributed by atoms with Crippen molar-refractivity contribution in [3.05, 3.63) is 22.4 Å². The first-order valence-corrected chi connectivity index (χ1v) is 9.86. The predicted octanol–water partition coefficient (Wildman–Crippen LogP) is 3.34. The number of ketones is 2. The topological polar surface area (TPSA) is 61.8 Å². The minimum absolute atomic E-state index is 0.130. The van der Waals surface area contributed by atoms with E-state index in [-0.39, 0.29) is 23.8 Å². The van der Waals surface area contributed by atoms with Crippen LogP contribution in [-0.4, -0.2) is 47.9 Å². The molecule has 0 fully saturated rings. The highest BCUT2D eigenvalue weighted by molar-refractivity contribution is 7.12. The van der Waals surface area contributed by atoms with Gasteiger partial charge in [-0.05, 0) is 24.3 Å². The van der Waals surface area contributed by atoms with Crippen LogP contribution in [0.1, 0.15) is 22.5 Å². The van der Waals surface area contributed by atoms with Crippen LogP contribution in [0.5, 0.6) is 0 Å². The molecule has 1 unspecified atom stereocenters. The number of carbonyl (C=O) groups is 2. The molecule has 0 N–H and O–H groups in total. The number of carbonyl (C=O) groups excluding carboxylic acids is 2. The molecule has 0 saturated carbocycles. The zero-order valence-electron chi connectivity index (χ0n) is 13.5. The van der Waals surface area contributed by atoms with Gasteiger partial charge in [0.1, 0.15) is 0 Å². The number of halogens is 3. The Hall–Kier alpha value is -1.07. The fourth-order valence-corrected chi connectivity index (χ4v) is 4.72. The van der Waals surface area contributed by atoms with Crippen LogP contribution >= 0.6 is 11.3 Å². The lowest BCUT2D eigenvalue weighted by Crippen LogP contribution is -2.43. The van der Waals surface area contributed by atoms with Gasteiger partial charge < -0.3 is 13.3 Å². The second kappa shape index (κ2) is 8.86. The largest absolute Gasteiger partial charge is 0.500 e. The zero-order valence-corrected chi connectivity index (χ0v) is 15.3. The van der Waals surface area contributed by atoms with Crippen molar-refractivity contribution in [2.75, 3.05) is 21.3 Å². The second-order valence-corrected chi connectivity index (χ2v) is 8.98. The van der Waals surface area contributed by atoms with E-state index in [0.717, 1.165) is 11.3 Å². The standard InChI is InChI=1S/C14H19F3O5SSi/c1-20-24(21-2,22-3)9-5-6-10(13(19)14(15,16)17)12(18)11-7-4-8-23-11/h4,7-8,10H,5-6,9H2,1-3H3. The lowest BCUT2D eigenvalue weighted by molar-refractivity contribution is -0.174. The van der Waals surface area contributed by atoms with E-state index >= 15 is 0 Å². The smallest absolute Gasteiger partial charge is 0.377 e. The molecule has 0 radical (unpaired) electrons. The van der Waals surface area contributed by atoms with Crippen LogP contribution in [0.4, 0.5) is 13.2 Å². The summed E-state index contributed by atoms with van der Waals surface area (Å²) in [5.41, 5.74) is 0. The third kappa shape index (κ3) is 5.21. The van der Waals surface area contributed by atoms with E-state index in [1.165, 1.54) is 27.4 Å². The van der Waals surface area contributed by atoms with Crippen molar-refractivity contribution in [1.29, 1.82) is 0 Å². The third-order valence-corrected chi connectivity index (χ3v) is 7.30. The van der Waals surface area contributed by atoms with E-state index in [2.05, 4.69) is 0 Å². The van der Waals surface area contributed by atoms with Gasteiger partial charge in [0.2, 0.25) is 5.78 Å². The van der Waals surface area contributed by atoms with Gasteiger partial charge in [-0.2, -0.15) is 13.2 Å². The van der Waals surface area contributed by atoms with E-state index in [1.54, 1.807) is 11.4 Å². The zero-order chi connectivity index (χ0) is 18.4. The van der Waals surface area contributed by atoms with Gasteiger partial charge in [-0.1, -0.05) is 6.07 Å². The van der Waals surface area contributed by atoms with Gasteiger partial charge in [0.05, 0.1) is 10.8 Å². The summed E-state index contributed by atoms with van der Waals surface area (Å²) in [5.74, 6) is -4.60. The molecular formula is C14H19F3O5SSi. The Labute approximate surface area is 143 Å². The molecule has 0 amide bonds. The Kier molecular flexibility index (Phi) is 7.74. The molecule has 0 spiro atoms. The van der Waals surface area contributed by atoms with Gasteiger partial charge in [-0.25, -0.2) is 0 Å². The Balaban J connectivity index is 2.87. The Bertz CT molecular complexity index is 535. The second-order valence-electron chi connectivity index (χ2n) is 4.94. The molecule has 136 valence electrons. The molecule has 1 heterocycles. The molecule has 0 bridgehead atoms. The summed E-state index contributed by atoms with van der Waals surface area (Å²) in [5, 5.41) is 1.57. The third-order valence-electron chi connectivity index (χ3n) is 3.59. The lowest BCUT2D eigenvalue weighted by atomic mass is 9.92. The molecule has 1 atom stereocenters. The first-order valence-electron chi connectivity index (χ1n) is 7.05. The van der Waals surface area contributed by atoms with Crippen LogP contribution in [0, 0.1) is 5.92 Å². The molecule has 10 heteroatoms.